The first-order valence-corrected chi connectivity index (χ1v) is 8.97. The summed E-state index contributed by atoms with van der Waals surface area (Å²) in [6, 6.07) is 0. The van der Waals surface area contributed by atoms with Gasteiger partial charge < -0.3 is 21.7 Å². The molecule has 0 bridgehead atoms. The van der Waals surface area contributed by atoms with Gasteiger partial charge in [0.25, 0.3) is 5.91 Å². The number of piperazine rings is 1. The van der Waals surface area contributed by atoms with Crippen molar-refractivity contribution >= 4 is 39.0 Å². The van der Waals surface area contributed by atoms with Crippen LogP contribution in [0.15, 0.2) is 0 Å². The first-order valence-electron chi connectivity index (χ1n) is 8.16. The third-order valence-corrected chi connectivity index (χ3v) is 5.93. The van der Waals surface area contributed by atoms with E-state index in [-0.39, 0.29) is 0 Å². The van der Waals surface area contributed by atoms with Crippen molar-refractivity contribution in [2.24, 2.45) is 5.73 Å². The molecule has 7 heteroatoms. The highest BCUT2D eigenvalue weighted by atomic mass is 32.1. The second-order valence-electron chi connectivity index (χ2n) is 6.23. The Kier molecular flexibility index (Phi) is 3.61. The number of aryl methyl sites for hydroxylation is 1. The van der Waals surface area contributed by atoms with E-state index in [0.29, 0.717) is 10.6 Å². The SMILES string of the molecule is NC(=O)c1sc2nc(N3CCNCC3)c3c(c2c1N)CCCC3. The zero-order chi connectivity index (χ0) is 16.0. The molecule has 4 rings (SSSR count). The number of carbonyl (C=O) groups is 1. The smallest absolute Gasteiger partial charge is 0.260 e. The number of amides is 1. The second kappa shape index (κ2) is 5.65. The maximum absolute atomic E-state index is 11.7. The number of primary amides is 1. The van der Waals surface area contributed by atoms with Crippen LogP contribution >= 0.6 is 11.3 Å². The van der Waals surface area contributed by atoms with Gasteiger partial charge in [-0.15, -0.1) is 11.3 Å². The summed E-state index contributed by atoms with van der Waals surface area (Å²) in [6.45, 7) is 3.89. The highest BCUT2D eigenvalue weighted by Gasteiger charge is 2.26. The Labute approximate surface area is 138 Å². The summed E-state index contributed by atoms with van der Waals surface area (Å²) in [5, 5.41) is 4.35. The van der Waals surface area contributed by atoms with Gasteiger partial charge in [-0.25, -0.2) is 4.98 Å². The summed E-state index contributed by atoms with van der Waals surface area (Å²) in [5.74, 6) is 0.629. The molecule has 2 aromatic rings. The number of nitrogens with one attached hydrogen (secondary N) is 1. The number of rotatable bonds is 2. The molecule has 1 amide bonds. The predicted molar refractivity (Wildman–Crippen MR) is 94.3 cm³/mol. The molecule has 0 aromatic carbocycles. The van der Waals surface area contributed by atoms with Crippen LogP contribution < -0.4 is 21.7 Å². The lowest BCUT2D eigenvalue weighted by Gasteiger charge is -2.32. The Morgan fingerprint density at radius 1 is 1.17 bits per heavy atom. The molecule has 1 aliphatic carbocycles. The Morgan fingerprint density at radius 3 is 2.57 bits per heavy atom. The third-order valence-electron chi connectivity index (χ3n) is 4.81. The number of nitrogens with two attached hydrogens (primary N) is 2. The number of hydrogen-bond acceptors (Lipinski definition) is 6. The Morgan fingerprint density at radius 2 is 1.87 bits per heavy atom. The summed E-state index contributed by atoms with van der Waals surface area (Å²) in [6.07, 6.45) is 4.39. The van der Waals surface area contributed by atoms with E-state index in [4.69, 9.17) is 16.5 Å². The number of fused-ring (bicyclic) bond motifs is 3. The van der Waals surface area contributed by atoms with E-state index in [0.717, 1.165) is 61.5 Å². The van der Waals surface area contributed by atoms with Gasteiger partial charge in [-0.05, 0) is 36.8 Å². The lowest BCUT2D eigenvalue weighted by molar-refractivity contribution is 0.100. The molecule has 23 heavy (non-hydrogen) atoms. The van der Waals surface area contributed by atoms with Crippen LogP contribution in [0, 0.1) is 0 Å². The van der Waals surface area contributed by atoms with E-state index < -0.39 is 5.91 Å². The van der Waals surface area contributed by atoms with Crippen molar-refractivity contribution in [3.05, 3.63) is 16.0 Å². The summed E-state index contributed by atoms with van der Waals surface area (Å²) in [4.78, 5) is 20.2. The molecule has 0 radical (unpaired) electrons. The lowest BCUT2D eigenvalue weighted by atomic mass is 9.89. The van der Waals surface area contributed by atoms with E-state index in [1.165, 1.54) is 28.9 Å². The van der Waals surface area contributed by atoms with E-state index in [1.807, 2.05) is 0 Å². The van der Waals surface area contributed by atoms with Gasteiger partial charge in [-0.1, -0.05) is 0 Å². The minimum Gasteiger partial charge on any atom is -0.397 e. The molecule has 5 N–H and O–H groups in total. The lowest BCUT2D eigenvalue weighted by Crippen LogP contribution is -2.44. The standard InChI is InChI=1S/C16H21N5OS/c17-12-11-9-3-1-2-4-10(9)15(21-7-5-19-6-8-21)20-16(11)23-13(12)14(18)22/h19H,1-8,17H2,(H2,18,22). The molecule has 1 saturated heterocycles. The monoisotopic (exact) mass is 331 g/mol. The van der Waals surface area contributed by atoms with Crippen LogP contribution in [0.4, 0.5) is 11.5 Å². The number of nitrogens with zero attached hydrogens (tertiary/aromatic N) is 2. The zero-order valence-electron chi connectivity index (χ0n) is 13.0. The second-order valence-corrected chi connectivity index (χ2v) is 7.23. The number of thiophene rings is 1. The normalized spacial score (nSPS) is 18.2. The summed E-state index contributed by atoms with van der Waals surface area (Å²) in [5.41, 5.74) is 14.9. The van der Waals surface area contributed by atoms with Gasteiger partial charge in [0.15, 0.2) is 0 Å². The number of pyridine rings is 1. The fraction of sp³-hybridized carbons (Fsp3) is 0.500. The van der Waals surface area contributed by atoms with Crippen molar-refractivity contribution in [2.75, 3.05) is 36.8 Å². The predicted octanol–water partition coefficient (Wildman–Crippen LogP) is 1.27. The molecule has 1 fully saturated rings. The number of carbonyl (C=O) groups excluding carboxylic acids is 1. The molecular weight excluding hydrogens is 310 g/mol. The zero-order valence-corrected chi connectivity index (χ0v) is 13.8. The summed E-state index contributed by atoms with van der Waals surface area (Å²) in [7, 11) is 0. The van der Waals surface area contributed by atoms with Crippen molar-refractivity contribution < 1.29 is 4.79 Å². The van der Waals surface area contributed by atoms with Gasteiger partial charge in [0.1, 0.15) is 15.5 Å². The van der Waals surface area contributed by atoms with Crippen molar-refractivity contribution in [1.29, 1.82) is 0 Å². The molecule has 6 nitrogen and oxygen atoms in total. The topological polar surface area (TPSA) is 97.3 Å². The van der Waals surface area contributed by atoms with Crippen LogP contribution in [0.5, 0.6) is 0 Å². The Balaban J connectivity index is 1.95. The summed E-state index contributed by atoms with van der Waals surface area (Å²) >= 11 is 1.33. The van der Waals surface area contributed by atoms with Gasteiger partial charge in [0.2, 0.25) is 0 Å². The molecular formula is C16H21N5OS. The average Bonchev–Trinajstić information content (AvgIpc) is 2.92. The number of nitrogen functional groups attached to an aromatic ring is 1. The first kappa shape index (κ1) is 14.7. The van der Waals surface area contributed by atoms with Crippen LogP contribution in [0.25, 0.3) is 10.2 Å². The van der Waals surface area contributed by atoms with E-state index in [9.17, 15) is 4.79 Å². The number of hydrogen-bond donors (Lipinski definition) is 3. The largest absolute Gasteiger partial charge is 0.397 e. The molecule has 2 aromatic heterocycles. The van der Waals surface area contributed by atoms with Crippen molar-refractivity contribution in [3.63, 3.8) is 0 Å². The minimum absolute atomic E-state index is 0.442. The van der Waals surface area contributed by atoms with E-state index in [1.54, 1.807) is 0 Å². The molecule has 2 aliphatic rings. The highest BCUT2D eigenvalue weighted by molar-refractivity contribution is 7.21. The fourth-order valence-corrected chi connectivity index (χ4v) is 4.69. The first-order chi connectivity index (χ1) is 11.2. The van der Waals surface area contributed by atoms with Crippen LogP contribution in [0.2, 0.25) is 0 Å². The van der Waals surface area contributed by atoms with Crippen molar-refractivity contribution in [1.82, 2.24) is 10.3 Å². The van der Waals surface area contributed by atoms with Gasteiger partial charge in [0, 0.05) is 31.6 Å². The molecule has 122 valence electrons. The quantitative estimate of drug-likeness (QED) is 0.770. The fourth-order valence-electron chi connectivity index (χ4n) is 3.71. The van der Waals surface area contributed by atoms with Gasteiger partial charge in [0.05, 0.1) is 5.69 Å². The molecule has 0 spiro atoms. The molecule has 1 aliphatic heterocycles. The maximum atomic E-state index is 11.7. The average molecular weight is 331 g/mol. The number of anilines is 2. The van der Waals surface area contributed by atoms with Crippen LogP contribution in [0.3, 0.4) is 0 Å². The third kappa shape index (κ3) is 2.35. The van der Waals surface area contributed by atoms with Crippen molar-refractivity contribution in [2.45, 2.75) is 25.7 Å². The van der Waals surface area contributed by atoms with Gasteiger partial charge >= 0.3 is 0 Å². The Hall–Kier alpha value is -1.86. The molecule has 0 unspecified atom stereocenters. The van der Waals surface area contributed by atoms with E-state index >= 15 is 0 Å². The van der Waals surface area contributed by atoms with E-state index in [2.05, 4.69) is 10.2 Å². The van der Waals surface area contributed by atoms with Crippen LogP contribution in [-0.2, 0) is 12.8 Å². The van der Waals surface area contributed by atoms with Crippen LogP contribution in [-0.4, -0.2) is 37.1 Å². The van der Waals surface area contributed by atoms with Crippen molar-refractivity contribution in [3.8, 4) is 0 Å². The molecule has 0 atom stereocenters. The number of aromatic nitrogens is 1. The van der Waals surface area contributed by atoms with Crippen LogP contribution in [0.1, 0.15) is 33.6 Å². The highest BCUT2D eigenvalue weighted by Crippen LogP contribution is 2.41. The molecule has 0 saturated carbocycles. The van der Waals surface area contributed by atoms with Gasteiger partial charge in [-0.3, -0.25) is 4.79 Å². The van der Waals surface area contributed by atoms with Gasteiger partial charge in [-0.2, -0.15) is 0 Å². The maximum Gasteiger partial charge on any atom is 0.260 e. The molecule has 3 heterocycles. The Bertz CT molecular complexity index is 779. The summed E-state index contributed by atoms with van der Waals surface area (Å²) < 4.78 is 0. The minimum atomic E-state index is -0.459.